The van der Waals surface area contributed by atoms with Gasteiger partial charge in [-0.2, -0.15) is 0 Å². The molecule has 0 atom stereocenters. The molecule has 4 nitrogen and oxygen atoms in total. The zero-order chi connectivity index (χ0) is 13.7. The maximum atomic E-state index is 12.2. The second-order valence-electron chi connectivity index (χ2n) is 3.97. The van der Waals surface area contributed by atoms with Crippen LogP contribution >= 0.6 is 12.4 Å². The van der Waals surface area contributed by atoms with Crippen LogP contribution in [0.3, 0.4) is 0 Å². The number of benzene rings is 2. The Labute approximate surface area is 124 Å². The molecule has 5 heteroatoms. The number of ether oxygens (including phenoxy) is 1. The number of hydrogen-bond acceptors (Lipinski definition) is 3. The summed E-state index contributed by atoms with van der Waals surface area (Å²) in [5.74, 6) is 6.30. The van der Waals surface area contributed by atoms with Gasteiger partial charge in [-0.15, -0.1) is 12.4 Å². The number of hydrogen-bond donors (Lipinski definition) is 1. The van der Waals surface area contributed by atoms with Gasteiger partial charge in [-0.05, 0) is 43.3 Å². The van der Waals surface area contributed by atoms with E-state index in [-0.39, 0.29) is 18.3 Å². The fraction of sp³-hybridized carbons (Fsp3) is 0.133. The molecule has 2 aromatic rings. The van der Waals surface area contributed by atoms with Crippen molar-refractivity contribution in [1.29, 1.82) is 0 Å². The van der Waals surface area contributed by atoms with Crippen LogP contribution in [0.25, 0.3) is 0 Å². The van der Waals surface area contributed by atoms with Gasteiger partial charge in [0.05, 0.1) is 12.3 Å². The van der Waals surface area contributed by atoms with Gasteiger partial charge < -0.3 is 4.74 Å². The molecular formula is C15H17ClN2O2. The van der Waals surface area contributed by atoms with E-state index in [0.717, 1.165) is 10.8 Å². The maximum Gasteiger partial charge on any atom is 0.272 e. The van der Waals surface area contributed by atoms with E-state index in [1.54, 1.807) is 36.4 Å². The average molecular weight is 293 g/mol. The first kappa shape index (κ1) is 16.0. The highest BCUT2D eigenvalue weighted by Crippen LogP contribution is 2.16. The summed E-state index contributed by atoms with van der Waals surface area (Å²) in [7, 11) is 0. The van der Waals surface area contributed by atoms with Gasteiger partial charge >= 0.3 is 0 Å². The third-order valence-corrected chi connectivity index (χ3v) is 2.67. The number of carbonyl (C=O) groups is 1. The Kier molecular flexibility index (Phi) is 6.03. The van der Waals surface area contributed by atoms with E-state index in [4.69, 9.17) is 10.6 Å². The van der Waals surface area contributed by atoms with Crippen molar-refractivity contribution < 1.29 is 9.53 Å². The number of rotatable bonds is 4. The summed E-state index contributed by atoms with van der Waals surface area (Å²) < 4.78 is 5.33. The van der Waals surface area contributed by atoms with E-state index >= 15 is 0 Å². The van der Waals surface area contributed by atoms with Crippen LogP contribution in [0.2, 0.25) is 0 Å². The predicted octanol–water partition coefficient (Wildman–Crippen LogP) is 3.03. The van der Waals surface area contributed by atoms with Crippen molar-refractivity contribution in [2.45, 2.75) is 6.92 Å². The topological polar surface area (TPSA) is 55.6 Å². The highest BCUT2D eigenvalue weighted by atomic mass is 35.5. The van der Waals surface area contributed by atoms with Crippen LogP contribution in [0.5, 0.6) is 5.75 Å². The summed E-state index contributed by atoms with van der Waals surface area (Å²) in [6.07, 6.45) is 0. The molecule has 0 aliphatic heterocycles. The Balaban J connectivity index is 0.00000200. The van der Waals surface area contributed by atoms with Crippen molar-refractivity contribution in [2.75, 3.05) is 11.6 Å². The molecule has 0 aromatic heterocycles. The van der Waals surface area contributed by atoms with Crippen LogP contribution < -0.4 is 15.6 Å². The first-order valence-corrected chi connectivity index (χ1v) is 6.09. The van der Waals surface area contributed by atoms with Gasteiger partial charge in [0.15, 0.2) is 0 Å². The summed E-state index contributed by atoms with van der Waals surface area (Å²) in [6, 6.07) is 16.0. The molecule has 0 bridgehead atoms. The lowest BCUT2D eigenvalue weighted by Crippen LogP contribution is -2.37. The van der Waals surface area contributed by atoms with Crippen LogP contribution in [-0.2, 0) is 0 Å². The second kappa shape index (κ2) is 7.53. The SMILES string of the molecule is CCOc1ccc(C(=O)N(N)c2ccccc2)cc1.Cl. The molecule has 0 unspecified atom stereocenters. The standard InChI is InChI=1S/C15H16N2O2.ClH/c1-2-19-14-10-8-12(9-11-14)15(18)17(16)13-6-4-3-5-7-13;/h3-11H,2,16H2,1H3;1H. The molecule has 0 radical (unpaired) electrons. The number of carbonyl (C=O) groups excluding carboxylic acids is 1. The lowest BCUT2D eigenvalue weighted by atomic mass is 10.2. The van der Waals surface area contributed by atoms with E-state index in [0.29, 0.717) is 17.9 Å². The van der Waals surface area contributed by atoms with Crippen LogP contribution in [0.15, 0.2) is 54.6 Å². The average Bonchev–Trinajstić information content (AvgIpc) is 2.48. The molecular weight excluding hydrogens is 276 g/mol. The normalized spacial score (nSPS) is 9.50. The summed E-state index contributed by atoms with van der Waals surface area (Å²) >= 11 is 0. The zero-order valence-electron chi connectivity index (χ0n) is 11.2. The minimum Gasteiger partial charge on any atom is -0.494 e. The van der Waals surface area contributed by atoms with Crippen molar-refractivity contribution in [1.82, 2.24) is 0 Å². The molecule has 2 N–H and O–H groups in total. The largest absolute Gasteiger partial charge is 0.494 e. The molecule has 0 fully saturated rings. The molecule has 0 spiro atoms. The van der Waals surface area contributed by atoms with Gasteiger partial charge in [-0.3, -0.25) is 4.79 Å². The maximum absolute atomic E-state index is 12.2. The van der Waals surface area contributed by atoms with Gasteiger partial charge in [0, 0.05) is 5.56 Å². The Morgan fingerprint density at radius 1 is 1.10 bits per heavy atom. The number of nitrogens with zero attached hydrogens (tertiary/aromatic N) is 1. The number of nitrogens with two attached hydrogens (primary N) is 1. The lowest BCUT2D eigenvalue weighted by molar-refractivity contribution is 0.0987. The Morgan fingerprint density at radius 2 is 1.70 bits per heavy atom. The quantitative estimate of drug-likeness (QED) is 0.535. The van der Waals surface area contributed by atoms with Gasteiger partial charge in [-0.25, -0.2) is 10.9 Å². The molecule has 2 rings (SSSR count). The first-order chi connectivity index (χ1) is 9.22. The number of para-hydroxylation sites is 1. The second-order valence-corrected chi connectivity index (χ2v) is 3.97. The van der Waals surface area contributed by atoms with Crippen LogP contribution in [0.4, 0.5) is 5.69 Å². The first-order valence-electron chi connectivity index (χ1n) is 6.09. The molecule has 0 saturated heterocycles. The van der Waals surface area contributed by atoms with Crippen molar-refractivity contribution in [3.63, 3.8) is 0 Å². The van der Waals surface area contributed by atoms with E-state index in [2.05, 4.69) is 0 Å². The summed E-state index contributed by atoms with van der Waals surface area (Å²) in [4.78, 5) is 12.2. The summed E-state index contributed by atoms with van der Waals surface area (Å²) in [5.41, 5.74) is 1.18. The lowest BCUT2D eigenvalue weighted by Gasteiger charge is -2.16. The van der Waals surface area contributed by atoms with Crippen LogP contribution in [0.1, 0.15) is 17.3 Å². The fourth-order valence-electron chi connectivity index (χ4n) is 1.71. The highest BCUT2D eigenvalue weighted by molar-refractivity contribution is 6.05. The highest BCUT2D eigenvalue weighted by Gasteiger charge is 2.13. The molecule has 106 valence electrons. The van der Waals surface area contributed by atoms with Crippen LogP contribution in [0, 0.1) is 0 Å². The van der Waals surface area contributed by atoms with Crippen LogP contribution in [-0.4, -0.2) is 12.5 Å². The van der Waals surface area contributed by atoms with Crippen molar-refractivity contribution in [3.8, 4) is 5.75 Å². The molecule has 20 heavy (non-hydrogen) atoms. The minimum absolute atomic E-state index is 0. The van der Waals surface area contributed by atoms with E-state index in [9.17, 15) is 4.79 Å². The molecule has 0 heterocycles. The van der Waals surface area contributed by atoms with E-state index < -0.39 is 0 Å². The van der Waals surface area contributed by atoms with Gasteiger partial charge in [0.25, 0.3) is 5.91 Å². The molecule has 0 aliphatic carbocycles. The molecule has 0 saturated carbocycles. The van der Waals surface area contributed by atoms with E-state index in [1.807, 2.05) is 25.1 Å². The molecule has 2 aromatic carbocycles. The van der Waals surface area contributed by atoms with Crippen molar-refractivity contribution >= 4 is 24.0 Å². The fourth-order valence-corrected chi connectivity index (χ4v) is 1.71. The molecule has 0 aliphatic rings. The Bertz CT molecular complexity index is 544. The van der Waals surface area contributed by atoms with Gasteiger partial charge in [0.1, 0.15) is 5.75 Å². The third kappa shape index (κ3) is 3.73. The third-order valence-electron chi connectivity index (χ3n) is 2.67. The van der Waals surface area contributed by atoms with E-state index in [1.165, 1.54) is 0 Å². The minimum atomic E-state index is -0.255. The van der Waals surface area contributed by atoms with Crippen molar-refractivity contribution in [3.05, 3.63) is 60.2 Å². The smallest absolute Gasteiger partial charge is 0.272 e. The zero-order valence-corrected chi connectivity index (χ0v) is 12.0. The number of amides is 1. The van der Waals surface area contributed by atoms with Gasteiger partial charge in [0.2, 0.25) is 0 Å². The number of anilines is 1. The van der Waals surface area contributed by atoms with Gasteiger partial charge in [-0.1, -0.05) is 18.2 Å². The number of halogens is 1. The summed E-state index contributed by atoms with van der Waals surface area (Å²) in [6.45, 7) is 2.51. The Hall–Kier alpha value is -2.04. The Morgan fingerprint density at radius 3 is 2.25 bits per heavy atom. The predicted molar refractivity (Wildman–Crippen MR) is 82.3 cm³/mol. The number of hydrazine groups is 1. The monoisotopic (exact) mass is 292 g/mol. The summed E-state index contributed by atoms with van der Waals surface area (Å²) in [5, 5.41) is 1.13. The molecule has 1 amide bonds. The van der Waals surface area contributed by atoms with Crippen molar-refractivity contribution in [2.24, 2.45) is 5.84 Å².